The van der Waals surface area contributed by atoms with E-state index in [1.54, 1.807) is 0 Å². The van der Waals surface area contributed by atoms with Crippen LogP contribution in [0.2, 0.25) is 0 Å². The van der Waals surface area contributed by atoms with E-state index in [4.69, 9.17) is 5.11 Å². The normalized spacial score (nSPS) is 18.2. The second kappa shape index (κ2) is 4.67. The molecule has 0 atom stereocenters. The second-order valence-corrected chi connectivity index (χ2v) is 5.05. The Morgan fingerprint density at radius 1 is 1.35 bits per heavy atom. The zero-order chi connectivity index (χ0) is 11.7. The number of aliphatic hydroxyl groups is 1. The van der Waals surface area contributed by atoms with Crippen LogP contribution in [-0.2, 0) is 13.0 Å². The molecule has 1 aliphatic carbocycles. The van der Waals surface area contributed by atoms with Crippen molar-refractivity contribution in [1.82, 2.24) is 4.90 Å². The maximum absolute atomic E-state index is 9.13. The van der Waals surface area contributed by atoms with E-state index >= 15 is 0 Å². The minimum atomic E-state index is 0.263. The van der Waals surface area contributed by atoms with Crippen LogP contribution < -0.4 is 5.32 Å². The fourth-order valence-electron chi connectivity index (χ4n) is 2.72. The molecular weight excluding hydrogens is 212 g/mol. The quantitative estimate of drug-likeness (QED) is 0.809. The van der Waals surface area contributed by atoms with Crippen molar-refractivity contribution in [3.63, 3.8) is 0 Å². The number of nitrogens with one attached hydrogen (secondary N) is 1. The number of benzene rings is 1. The number of anilines is 1. The largest absolute Gasteiger partial charge is 0.395 e. The Bertz CT molecular complexity index is 401. The third kappa shape index (κ3) is 2.31. The molecule has 1 aromatic carbocycles. The predicted octanol–water partition coefficient (Wildman–Crippen LogP) is 1.61. The van der Waals surface area contributed by atoms with E-state index in [1.807, 2.05) is 0 Å². The maximum Gasteiger partial charge on any atom is 0.0558 e. The number of fused-ring (bicyclic) bond motifs is 1. The van der Waals surface area contributed by atoms with Crippen LogP contribution >= 0.6 is 0 Å². The van der Waals surface area contributed by atoms with Gasteiger partial charge in [-0.15, -0.1) is 0 Å². The third-order valence-corrected chi connectivity index (χ3v) is 3.76. The van der Waals surface area contributed by atoms with Gasteiger partial charge in [0.05, 0.1) is 6.61 Å². The minimum Gasteiger partial charge on any atom is -0.395 e. The van der Waals surface area contributed by atoms with Crippen LogP contribution in [0.5, 0.6) is 0 Å². The molecule has 1 aliphatic heterocycles. The monoisotopic (exact) mass is 232 g/mol. The molecule has 0 spiro atoms. The molecule has 3 rings (SSSR count). The highest BCUT2D eigenvalue weighted by molar-refractivity contribution is 5.61. The van der Waals surface area contributed by atoms with Crippen LogP contribution in [0, 0.1) is 0 Å². The van der Waals surface area contributed by atoms with Gasteiger partial charge in [-0.25, -0.2) is 0 Å². The number of hydrogen-bond acceptors (Lipinski definition) is 3. The van der Waals surface area contributed by atoms with Crippen molar-refractivity contribution in [3.05, 3.63) is 29.3 Å². The second-order valence-electron chi connectivity index (χ2n) is 5.05. The van der Waals surface area contributed by atoms with Gasteiger partial charge in [0.25, 0.3) is 0 Å². The lowest BCUT2D eigenvalue weighted by molar-refractivity contribution is 0.183. The fourth-order valence-corrected chi connectivity index (χ4v) is 2.72. The smallest absolute Gasteiger partial charge is 0.0558 e. The SMILES string of the molecule is OCCN(Cc1cccc2c1NCC2)C1CC1. The topological polar surface area (TPSA) is 35.5 Å². The van der Waals surface area contributed by atoms with Crippen LogP contribution in [0.25, 0.3) is 0 Å². The van der Waals surface area contributed by atoms with Gasteiger partial charge in [-0.05, 0) is 30.4 Å². The van der Waals surface area contributed by atoms with Crippen LogP contribution in [0.1, 0.15) is 24.0 Å². The lowest BCUT2D eigenvalue weighted by atomic mass is 10.1. The molecule has 0 saturated heterocycles. The van der Waals surface area contributed by atoms with Crippen LogP contribution in [-0.4, -0.2) is 35.7 Å². The van der Waals surface area contributed by atoms with Crippen LogP contribution in [0.3, 0.4) is 0 Å². The average molecular weight is 232 g/mol. The molecule has 1 saturated carbocycles. The highest BCUT2D eigenvalue weighted by Crippen LogP contribution is 2.32. The zero-order valence-electron chi connectivity index (χ0n) is 10.2. The summed E-state index contributed by atoms with van der Waals surface area (Å²) < 4.78 is 0. The van der Waals surface area contributed by atoms with E-state index in [1.165, 1.54) is 29.7 Å². The summed E-state index contributed by atoms with van der Waals surface area (Å²) >= 11 is 0. The summed E-state index contributed by atoms with van der Waals surface area (Å²) in [4.78, 5) is 2.41. The van der Waals surface area contributed by atoms with Gasteiger partial charge in [-0.3, -0.25) is 4.90 Å². The standard InChI is InChI=1S/C14H20N2O/c17-9-8-16(13-4-5-13)10-12-3-1-2-11-6-7-15-14(11)12/h1-3,13,15,17H,4-10H2. The summed E-state index contributed by atoms with van der Waals surface area (Å²) in [6, 6.07) is 7.29. The number of para-hydroxylation sites is 1. The van der Waals surface area contributed by atoms with E-state index in [0.717, 1.165) is 26.1 Å². The van der Waals surface area contributed by atoms with Crippen molar-refractivity contribution in [2.24, 2.45) is 0 Å². The molecule has 2 aliphatic rings. The summed E-state index contributed by atoms with van der Waals surface area (Å²) in [5.74, 6) is 0. The van der Waals surface area contributed by atoms with Gasteiger partial charge in [0.2, 0.25) is 0 Å². The highest BCUT2D eigenvalue weighted by atomic mass is 16.3. The van der Waals surface area contributed by atoms with Gasteiger partial charge in [0.15, 0.2) is 0 Å². The number of rotatable bonds is 5. The molecule has 0 radical (unpaired) electrons. The maximum atomic E-state index is 9.13. The molecule has 2 N–H and O–H groups in total. The molecule has 17 heavy (non-hydrogen) atoms. The molecular formula is C14H20N2O. The van der Waals surface area contributed by atoms with Crippen molar-refractivity contribution in [1.29, 1.82) is 0 Å². The van der Waals surface area contributed by atoms with Gasteiger partial charge in [-0.2, -0.15) is 0 Å². The Hall–Kier alpha value is -1.06. The first-order chi connectivity index (χ1) is 8.38. The van der Waals surface area contributed by atoms with Crippen molar-refractivity contribution in [2.75, 3.05) is 25.0 Å². The molecule has 0 bridgehead atoms. The Kier molecular flexibility index (Phi) is 3.04. The molecule has 92 valence electrons. The van der Waals surface area contributed by atoms with Crippen molar-refractivity contribution in [2.45, 2.75) is 31.8 Å². The predicted molar refractivity (Wildman–Crippen MR) is 69.2 cm³/mol. The van der Waals surface area contributed by atoms with E-state index in [-0.39, 0.29) is 6.61 Å². The Morgan fingerprint density at radius 3 is 3.00 bits per heavy atom. The summed E-state index contributed by atoms with van der Waals surface area (Å²) in [5.41, 5.74) is 4.18. The first kappa shape index (κ1) is 11.1. The van der Waals surface area contributed by atoms with Gasteiger partial charge in [0.1, 0.15) is 0 Å². The van der Waals surface area contributed by atoms with Crippen molar-refractivity contribution < 1.29 is 5.11 Å². The molecule has 0 aromatic heterocycles. The van der Waals surface area contributed by atoms with Gasteiger partial charge >= 0.3 is 0 Å². The lowest BCUT2D eigenvalue weighted by Gasteiger charge is -2.22. The van der Waals surface area contributed by atoms with Crippen molar-refractivity contribution in [3.8, 4) is 0 Å². The van der Waals surface area contributed by atoms with E-state index < -0.39 is 0 Å². The van der Waals surface area contributed by atoms with E-state index in [0.29, 0.717) is 6.04 Å². The number of aliphatic hydroxyl groups excluding tert-OH is 1. The van der Waals surface area contributed by atoms with Crippen LogP contribution in [0.4, 0.5) is 5.69 Å². The number of hydrogen-bond donors (Lipinski definition) is 2. The first-order valence-electron chi connectivity index (χ1n) is 6.58. The van der Waals surface area contributed by atoms with Crippen LogP contribution in [0.15, 0.2) is 18.2 Å². The van der Waals surface area contributed by atoms with Gasteiger partial charge < -0.3 is 10.4 Å². The van der Waals surface area contributed by atoms with E-state index in [9.17, 15) is 0 Å². The van der Waals surface area contributed by atoms with E-state index in [2.05, 4.69) is 28.4 Å². The summed E-state index contributed by atoms with van der Waals surface area (Å²) in [6.45, 7) is 3.10. The Morgan fingerprint density at radius 2 is 2.24 bits per heavy atom. The molecule has 3 heteroatoms. The molecule has 1 heterocycles. The van der Waals surface area contributed by atoms with Gasteiger partial charge in [-0.1, -0.05) is 18.2 Å². The lowest BCUT2D eigenvalue weighted by Crippen LogP contribution is -2.28. The minimum absolute atomic E-state index is 0.263. The molecule has 1 aromatic rings. The molecule has 3 nitrogen and oxygen atoms in total. The highest BCUT2D eigenvalue weighted by Gasteiger charge is 2.29. The average Bonchev–Trinajstić information content (AvgIpc) is 3.07. The Labute approximate surface area is 102 Å². The van der Waals surface area contributed by atoms with Crippen molar-refractivity contribution >= 4 is 5.69 Å². The zero-order valence-corrected chi connectivity index (χ0v) is 10.2. The summed E-state index contributed by atoms with van der Waals surface area (Å²) in [7, 11) is 0. The third-order valence-electron chi connectivity index (χ3n) is 3.76. The number of nitrogens with zero attached hydrogens (tertiary/aromatic N) is 1. The first-order valence-corrected chi connectivity index (χ1v) is 6.58. The van der Waals surface area contributed by atoms with Gasteiger partial charge in [0, 0.05) is 31.4 Å². The molecule has 1 fully saturated rings. The molecule has 0 unspecified atom stereocenters. The fraction of sp³-hybridized carbons (Fsp3) is 0.571. The summed E-state index contributed by atoms with van der Waals surface area (Å²) in [6.07, 6.45) is 3.73. The molecule has 0 amide bonds. The summed E-state index contributed by atoms with van der Waals surface area (Å²) in [5, 5.41) is 12.6. The Balaban J connectivity index is 1.77.